The van der Waals surface area contributed by atoms with Crippen LogP contribution in [0.15, 0.2) is 52.9 Å². The second-order valence-electron chi connectivity index (χ2n) is 7.34. The van der Waals surface area contributed by atoms with Crippen LogP contribution >= 0.6 is 0 Å². The number of hydrogen-bond donors (Lipinski definition) is 1. The van der Waals surface area contributed by atoms with E-state index in [1.54, 1.807) is 57.4 Å². The van der Waals surface area contributed by atoms with Gasteiger partial charge >= 0.3 is 0 Å². The van der Waals surface area contributed by atoms with Gasteiger partial charge in [0, 0.05) is 26.2 Å². The Morgan fingerprint density at radius 1 is 1.03 bits per heavy atom. The fourth-order valence-electron chi connectivity index (χ4n) is 3.53. The van der Waals surface area contributed by atoms with Crippen LogP contribution in [0.25, 0.3) is 6.08 Å². The highest BCUT2D eigenvalue weighted by Gasteiger charge is 2.24. The van der Waals surface area contributed by atoms with E-state index in [-0.39, 0.29) is 10.5 Å². The number of carbonyl (C=O) groups excluding carboxylic acids is 1. The maximum Gasteiger partial charge on any atom is 0.266 e. The molecule has 2 aromatic carbocycles. The molecule has 2 rings (SSSR count). The lowest BCUT2D eigenvalue weighted by Gasteiger charge is -2.25. The molecule has 0 spiro atoms. The van der Waals surface area contributed by atoms with Crippen molar-refractivity contribution in [2.45, 2.75) is 32.6 Å². The number of amides is 1. The molecular weight excluding hydrogens is 452 g/mol. The Kier molecular flexibility index (Phi) is 9.66. The van der Waals surface area contributed by atoms with Gasteiger partial charge < -0.3 is 15.0 Å². The Morgan fingerprint density at radius 2 is 1.65 bits per heavy atom. The van der Waals surface area contributed by atoms with Crippen molar-refractivity contribution < 1.29 is 17.9 Å². The van der Waals surface area contributed by atoms with Crippen LogP contribution in [-0.2, 0) is 14.8 Å². The van der Waals surface area contributed by atoms with Gasteiger partial charge in [-0.05, 0) is 55.8 Å². The largest absolute Gasteiger partial charge is 0.497 e. The first kappa shape index (κ1) is 26.9. The van der Waals surface area contributed by atoms with Gasteiger partial charge in [0.25, 0.3) is 5.91 Å². The minimum Gasteiger partial charge on any atom is -0.497 e. The highest BCUT2D eigenvalue weighted by molar-refractivity contribution is 7.89. The lowest BCUT2D eigenvalue weighted by Crippen LogP contribution is -2.31. The van der Waals surface area contributed by atoms with E-state index in [2.05, 4.69) is 5.32 Å². The highest BCUT2D eigenvalue weighted by atomic mass is 32.2. The van der Waals surface area contributed by atoms with Crippen molar-refractivity contribution in [1.29, 1.82) is 5.26 Å². The zero-order valence-electron chi connectivity index (χ0n) is 20.3. The first-order chi connectivity index (χ1) is 16.2. The van der Waals surface area contributed by atoms with Gasteiger partial charge in [0.05, 0.1) is 23.4 Å². The van der Waals surface area contributed by atoms with Gasteiger partial charge in [-0.2, -0.15) is 9.57 Å². The molecule has 0 atom stereocenters. The summed E-state index contributed by atoms with van der Waals surface area (Å²) in [5.74, 6) is 0.0410. The van der Waals surface area contributed by atoms with Crippen molar-refractivity contribution in [2.75, 3.05) is 43.5 Å². The minimum atomic E-state index is -3.72. The average molecular weight is 485 g/mol. The van der Waals surface area contributed by atoms with Gasteiger partial charge in [0.2, 0.25) is 10.0 Å². The molecule has 0 aliphatic carbocycles. The third-order valence-corrected chi connectivity index (χ3v) is 7.50. The van der Waals surface area contributed by atoms with E-state index >= 15 is 0 Å². The van der Waals surface area contributed by atoms with Gasteiger partial charge in [0.15, 0.2) is 0 Å². The molecule has 8 nitrogen and oxygen atoms in total. The van der Waals surface area contributed by atoms with Gasteiger partial charge in [-0.25, -0.2) is 8.42 Å². The zero-order chi connectivity index (χ0) is 25.3. The van der Waals surface area contributed by atoms with Crippen LogP contribution < -0.4 is 15.0 Å². The number of nitriles is 1. The monoisotopic (exact) mass is 484 g/mol. The number of nitrogens with one attached hydrogen (secondary N) is 1. The maximum atomic E-state index is 13.1. The summed E-state index contributed by atoms with van der Waals surface area (Å²) < 4.78 is 32.6. The van der Waals surface area contributed by atoms with E-state index in [4.69, 9.17) is 4.74 Å². The summed E-state index contributed by atoms with van der Waals surface area (Å²) in [6, 6.07) is 13.6. The third kappa shape index (κ3) is 6.16. The molecule has 0 fully saturated rings. The molecule has 0 heterocycles. The number of sulfonamides is 1. The summed E-state index contributed by atoms with van der Waals surface area (Å²) in [6.07, 6.45) is 1.47. The molecule has 0 saturated carbocycles. The second kappa shape index (κ2) is 12.2. The summed E-state index contributed by atoms with van der Waals surface area (Å²) in [7, 11) is -2.17. The molecule has 0 aromatic heterocycles. The maximum absolute atomic E-state index is 13.1. The standard InChI is InChI=1S/C25H32N4O4S/c1-6-28(7-2)24-15-14-22(34(31,32)29(8-3)9-4)17-23(24)27-25(30)20(18-26)16-19-10-12-21(33-5)13-11-19/h10-17H,6-9H2,1-5H3,(H,27,30)/b20-16+. The van der Waals surface area contributed by atoms with Gasteiger partial charge in [0.1, 0.15) is 17.4 Å². The molecule has 9 heteroatoms. The van der Waals surface area contributed by atoms with E-state index in [0.717, 1.165) is 0 Å². The lowest BCUT2D eigenvalue weighted by atomic mass is 10.1. The molecule has 2 aromatic rings. The van der Waals surface area contributed by atoms with Crippen molar-refractivity contribution in [3.05, 3.63) is 53.6 Å². The summed E-state index contributed by atoms with van der Waals surface area (Å²) in [5.41, 5.74) is 1.57. The molecule has 0 bridgehead atoms. The van der Waals surface area contributed by atoms with Crippen molar-refractivity contribution >= 4 is 33.4 Å². The second-order valence-corrected chi connectivity index (χ2v) is 9.28. The van der Waals surface area contributed by atoms with E-state index in [0.29, 0.717) is 48.9 Å². The molecule has 0 unspecified atom stereocenters. The molecule has 0 radical (unpaired) electrons. The van der Waals surface area contributed by atoms with Crippen LogP contribution in [0.4, 0.5) is 11.4 Å². The van der Waals surface area contributed by atoms with Crippen molar-refractivity contribution in [3.63, 3.8) is 0 Å². The summed E-state index contributed by atoms with van der Waals surface area (Å²) >= 11 is 0. The third-order valence-electron chi connectivity index (χ3n) is 5.46. The van der Waals surface area contributed by atoms with Crippen LogP contribution in [0.1, 0.15) is 33.3 Å². The number of rotatable bonds is 11. The molecule has 0 saturated heterocycles. The van der Waals surface area contributed by atoms with Crippen molar-refractivity contribution in [2.24, 2.45) is 0 Å². The van der Waals surface area contributed by atoms with Crippen LogP contribution in [-0.4, -0.2) is 51.9 Å². The number of benzene rings is 2. The van der Waals surface area contributed by atoms with Gasteiger partial charge in [-0.3, -0.25) is 4.79 Å². The fraction of sp³-hybridized carbons (Fsp3) is 0.360. The van der Waals surface area contributed by atoms with Gasteiger partial charge in [-0.15, -0.1) is 0 Å². The Labute approximate surface area is 202 Å². The van der Waals surface area contributed by atoms with Crippen LogP contribution in [0.3, 0.4) is 0 Å². The van der Waals surface area contributed by atoms with Crippen molar-refractivity contribution in [1.82, 2.24) is 4.31 Å². The van der Waals surface area contributed by atoms with E-state index in [1.807, 2.05) is 24.8 Å². The Balaban J connectivity index is 2.50. The first-order valence-corrected chi connectivity index (χ1v) is 12.7. The normalized spacial score (nSPS) is 11.7. The Bertz CT molecular complexity index is 1160. The lowest BCUT2D eigenvalue weighted by molar-refractivity contribution is -0.112. The number of nitrogens with zero attached hydrogens (tertiary/aromatic N) is 3. The number of ether oxygens (including phenoxy) is 1. The van der Waals surface area contributed by atoms with Crippen molar-refractivity contribution in [3.8, 4) is 11.8 Å². The van der Waals surface area contributed by atoms with Crippen LogP contribution in [0.2, 0.25) is 0 Å². The minimum absolute atomic E-state index is 0.0834. The van der Waals surface area contributed by atoms with Gasteiger partial charge in [-0.1, -0.05) is 26.0 Å². The van der Waals surface area contributed by atoms with Crippen LogP contribution in [0.5, 0.6) is 5.75 Å². The molecule has 182 valence electrons. The molecule has 0 aliphatic heterocycles. The topological polar surface area (TPSA) is 103 Å². The SMILES string of the molecule is CCN(CC)c1ccc(S(=O)(=O)N(CC)CC)cc1NC(=O)/C(C#N)=C/c1ccc(OC)cc1. The molecule has 1 N–H and O–H groups in total. The summed E-state index contributed by atoms with van der Waals surface area (Å²) in [5, 5.41) is 12.4. The van der Waals surface area contributed by atoms with Crippen LogP contribution in [0, 0.1) is 11.3 Å². The Morgan fingerprint density at radius 3 is 2.15 bits per heavy atom. The number of hydrogen-bond acceptors (Lipinski definition) is 6. The average Bonchev–Trinajstić information content (AvgIpc) is 2.84. The summed E-state index contributed by atoms with van der Waals surface area (Å²) in [4.78, 5) is 15.1. The molecule has 1 amide bonds. The zero-order valence-corrected chi connectivity index (χ0v) is 21.1. The van der Waals surface area contributed by atoms with E-state index in [9.17, 15) is 18.5 Å². The number of carbonyl (C=O) groups is 1. The first-order valence-electron chi connectivity index (χ1n) is 11.2. The van der Waals surface area contributed by atoms with E-state index < -0.39 is 15.9 Å². The number of methoxy groups -OCH3 is 1. The quantitative estimate of drug-likeness (QED) is 0.380. The predicted octanol–water partition coefficient (Wildman–Crippen LogP) is 4.12. The number of anilines is 2. The predicted molar refractivity (Wildman–Crippen MR) is 135 cm³/mol. The Hall–Kier alpha value is -3.35. The fourth-order valence-corrected chi connectivity index (χ4v) is 5.02. The smallest absolute Gasteiger partial charge is 0.266 e. The van der Waals surface area contributed by atoms with E-state index in [1.165, 1.54) is 16.4 Å². The summed E-state index contributed by atoms with van der Waals surface area (Å²) in [6.45, 7) is 9.49. The molecule has 0 aliphatic rings. The molecule has 34 heavy (non-hydrogen) atoms. The molecular formula is C25H32N4O4S. The highest BCUT2D eigenvalue weighted by Crippen LogP contribution is 2.31.